The Morgan fingerprint density at radius 2 is 2.31 bits per heavy atom. The van der Waals surface area contributed by atoms with Crippen LogP contribution in [-0.2, 0) is 0 Å². The molecule has 2 N–H and O–H groups in total. The zero-order chi connectivity index (χ0) is 9.68. The number of rotatable bonds is 1. The number of hydrogen-bond acceptors (Lipinski definition) is 2. The Hall–Kier alpha value is -2.02. The van der Waals surface area contributed by atoms with Gasteiger partial charge in [-0.25, -0.2) is 4.79 Å². The van der Waals surface area contributed by atoms with E-state index in [0.29, 0.717) is 11.3 Å². The second-order valence-electron chi connectivity index (χ2n) is 2.32. The van der Waals surface area contributed by atoms with Gasteiger partial charge in [-0.1, -0.05) is 6.07 Å². The van der Waals surface area contributed by atoms with Gasteiger partial charge in [-0.2, -0.15) is 5.26 Å². The van der Waals surface area contributed by atoms with E-state index in [4.69, 9.17) is 5.26 Å². The molecule has 0 bridgehead atoms. The average Bonchev–Trinajstić information content (AvgIpc) is 2.18. The largest absolute Gasteiger partial charge is 0.336 e. The van der Waals surface area contributed by atoms with Crippen LogP contribution in [-0.4, -0.2) is 6.03 Å². The zero-order valence-electron chi connectivity index (χ0n) is 6.87. The van der Waals surface area contributed by atoms with Gasteiger partial charge in [0.15, 0.2) is 0 Å². The van der Waals surface area contributed by atoms with Crippen LogP contribution < -0.4 is 10.6 Å². The molecular formula is C9H8N3O. The summed E-state index contributed by atoms with van der Waals surface area (Å²) < 4.78 is 0. The van der Waals surface area contributed by atoms with E-state index in [9.17, 15) is 4.79 Å². The van der Waals surface area contributed by atoms with Crippen LogP contribution in [0.1, 0.15) is 5.56 Å². The third-order valence-electron chi connectivity index (χ3n) is 1.41. The van der Waals surface area contributed by atoms with Crippen LogP contribution in [0.2, 0.25) is 0 Å². The highest BCUT2D eigenvalue weighted by Crippen LogP contribution is 2.08. The fourth-order valence-electron chi connectivity index (χ4n) is 0.842. The lowest BCUT2D eigenvalue weighted by Gasteiger charge is -2.03. The summed E-state index contributed by atoms with van der Waals surface area (Å²) in [6, 6.07) is 8.18. The van der Waals surface area contributed by atoms with E-state index in [1.54, 1.807) is 24.3 Å². The summed E-state index contributed by atoms with van der Waals surface area (Å²) >= 11 is 0. The number of anilines is 1. The summed E-state index contributed by atoms with van der Waals surface area (Å²) in [5, 5.41) is 13.2. The third-order valence-corrected chi connectivity index (χ3v) is 1.41. The molecule has 0 aliphatic heterocycles. The summed E-state index contributed by atoms with van der Waals surface area (Å²) in [5.74, 6) is 0. The topological polar surface area (TPSA) is 64.9 Å². The van der Waals surface area contributed by atoms with Crippen LogP contribution >= 0.6 is 0 Å². The first-order valence-corrected chi connectivity index (χ1v) is 3.60. The molecule has 1 aromatic carbocycles. The number of nitrogens with one attached hydrogen (secondary N) is 2. The van der Waals surface area contributed by atoms with E-state index in [2.05, 4.69) is 17.7 Å². The summed E-state index contributed by atoms with van der Waals surface area (Å²) in [4.78, 5) is 10.8. The zero-order valence-corrected chi connectivity index (χ0v) is 6.87. The Morgan fingerprint density at radius 1 is 1.54 bits per heavy atom. The van der Waals surface area contributed by atoms with Crippen molar-refractivity contribution in [1.29, 1.82) is 5.26 Å². The molecule has 65 valence electrons. The maximum atomic E-state index is 10.8. The van der Waals surface area contributed by atoms with Crippen LogP contribution in [0.3, 0.4) is 0 Å². The summed E-state index contributed by atoms with van der Waals surface area (Å²) in [6.45, 7) is 0. The SMILES string of the molecule is [CH2]NC(=O)Nc1cccc(C#N)c1. The maximum absolute atomic E-state index is 10.8. The van der Waals surface area contributed by atoms with Crippen LogP contribution in [0.5, 0.6) is 0 Å². The molecular weight excluding hydrogens is 166 g/mol. The Kier molecular flexibility index (Phi) is 2.87. The molecule has 0 aliphatic rings. The molecule has 1 aromatic rings. The minimum atomic E-state index is -0.407. The first-order chi connectivity index (χ1) is 6.26. The third kappa shape index (κ3) is 2.49. The maximum Gasteiger partial charge on any atom is 0.319 e. The van der Waals surface area contributed by atoms with E-state index in [1.807, 2.05) is 6.07 Å². The molecule has 0 spiro atoms. The van der Waals surface area contributed by atoms with Crippen molar-refractivity contribution in [2.75, 3.05) is 5.32 Å². The first kappa shape index (κ1) is 9.07. The van der Waals surface area contributed by atoms with Crippen LogP contribution in [0.15, 0.2) is 24.3 Å². The van der Waals surface area contributed by atoms with Gasteiger partial charge in [-0.05, 0) is 18.2 Å². The van der Waals surface area contributed by atoms with Gasteiger partial charge in [0.1, 0.15) is 0 Å². The van der Waals surface area contributed by atoms with Gasteiger partial charge < -0.3 is 10.6 Å². The van der Waals surface area contributed by atoms with Gasteiger partial charge in [0.05, 0.1) is 11.6 Å². The lowest BCUT2D eigenvalue weighted by Crippen LogP contribution is -2.22. The lowest BCUT2D eigenvalue weighted by molar-refractivity contribution is 0.255. The van der Waals surface area contributed by atoms with E-state index in [-0.39, 0.29) is 0 Å². The second kappa shape index (κ2) is 4.12. The fraction of sp³-hybridized carbons (Fsp3) is 0. The molecule has 1 radical (unpaired) electrons. The predicted octanol–water partition coefficient (Wildman–Crippen LogP) is 1.47. The van der Waals surface area contributed by atoms with E-state index >= 15 is 0 Å². The molecule has 0 atom stereocenters. The highest BCUT2D eigenvalue weighted by atomic mass is 16.2. The van der Waals surface area contributed by atoms with Crippen molar-refractivity contribution >= 4 is 11.7 Å². The van der Waals surface area contributed by atoms with Crippen LogP contribution in [0.4, 0.5) is 10.5 Å². The lowest BCUT2D eigenvalue weighted by atomic mass is 10.2. The number of hydrogen-bond donors (Lipinski definition) is 2. The van der Waals surface area contributed by atoms with Crippen molar-refractivity contribution in [2.45, 2.75) is 0 Å². The van der Waals surface area contributed by atoms with Crippen molar-refractivity contribution in [2.24, 2.45) is 0 Å². The molecule has 4 nitrogen and oxygen atoms in total. The van der Waals surface area contributed by atoms with Crippen molar-refractivity contribution in [3.05, 3.63) is 36.9 Å². The smallest absolute Gasteiger partial charge is 0.319 e. The number of nitriles is 1. The number of nitrogens with zero attached hydrogens (tertiary/aromatic N) is 1. The monoisotopic (exact) mass is 174 g/mol. The number of amides is 2. The Balaban J connectivity index is 2.79. The first-order valence-electron chi connectivity index (χ1n) is 3.60. The minimum absolute atomic E-state index is 0.407. The van der Waals surface area contributed by atoms with Gasteiger partial charge in [0.2, 0.25) is 0 Å². The number of carbonyl (C=O) groups excluding carboxylic acids is 1. The predicted molar refractivity (Wildman–Crippen MR) is 48.7 cm³/mol. The van der Waals surface area contributed by atoms with Gasteiger partial charge in [-0.15, -0.1) is 0 Å². The molecule has 1 rings (SSSR count). The summed E-state index contributed by atoms with van der Waals surface area (Å²) in [5.41, 5.74) is 1.07. The number of urea groups is 1. The quantitative estimate of drug-likeness (QED) is 0.677. The Labute approximate surface area is 76.2 Å². The van der Waals surface area contributed by atoms with E-state index < -0.39 is 6.03 Å². The highest BCUT2D eigenvalue weighted by molar-refractivity contribution is 5.89. The molecule has 0 aliphatic carbocycles. The van der Waals surface area contributed by atoms with E-state index in [0.717, 1.165) is 0 Å². The molecule has 0 aromatic heterocycles. The van der Waals surface area contributed by atoms with Gasteiger partial charge >= 0.3 is 6.03 Å². The Morgan fingerprint density at radius 3 is 2.92 bits per heavy atom. The molecule has 13 heavy (non-hydrogen) atoms. The van der Waals surface area contributed by atoms with Gasteiger partial charge in [-0.3, -0.25) is 0 Å². The van der Waals surface area contributed by atoms with Crippen molar-refractivity contribution < 1.29 is 4.79 Å². The van der Waals surface area contributed by atoms with E-state index in [1.165, 1.54) is 0 Å². The van der Waals surface area contributed by atoms with Gasteiger partial charge in [0.25, 0.3) is 0 Å². The average molecular weight is 174 g/mol. The molecule has 4 heteroatoms. The molecule has 0 fully saturated rings. The summed E-state index contributed by atoms with van der Waals surface area (Å²) in [6.07, 6.45) is 0. The number of benzene rings is 1. The highest BCUT2D eigenvalue weighted by Gasteiger charge is 1.98. The van der Waals surface area contributed by atoms with Crippen LogP contribution in [0, 0.1) is 18.4 Å². The van der Waals surface area contributed by atoms with Crippen molar-refractivity contribution in [3.63, 3.8) is 0 Å². The summed E-state index contributed by atoms with van der Waals surface area (Å²) in [7, 11) is 3.20. The Bertz CT molecular complexity index is 354. The second-order valence-corrected chi connectivity index (χ2v) is 2.32. The molecule has 0 saturated heterocycles. The molecule has 0 heterocycles. The fourth-order valence-corrected chi connectivity index (χ4v) is 0.842. The van der Waals surface area contributed by atoms with Crippen molar-refractivity contribution in [3.8, 4) is 6.07 Å². The minimum Gasteiger partial charge on any atom is -0.336 e. The molecule has 0 unspecified atom stereocenters. The van der Waals surface area contributed by atoms with Crippen molar-refractivity contribution in [1.82, 2.24) is 5.32 Å². The standard InChI is InChI=1S/C9H8N3O/c1-11-9(13)12-8-4-2-3-7(5-8)6-10/h2-5H,1H2,(H2,11,12,13). The van der Waals surface area contributed by atoms with Crippen LogP contribution in [0.25, 0.3) is 0 Å². The molecule has 0 saturated carbocycles. The van der Waals surface area contributed by atoms with Gasteiger partial charge in [0, 0.05) is 12.7 Å². The number of carbonyl (C=O) groups is 1. The molecule has 2 amide bonds. The normalized spacial score (nSPS) is 8.62.